The van der Waals surface area contributed by atoms with E-state index in [0.717, 1.165) is 12.0 Å². The highest BCUT2D eigenvalue weighted by Gasteiger charge is 2.55. The minimum atomic E-state index is -3.80. The number of aryl methyl sites for hydroxylation is 1. The molecule has 1 saturated heterocycles. The van der Waals surface area contributed by atoms with Gasteiger partial charge in [-0.2, -0.15) is 0 Å². The number of hydrogen-bond donors (Lipinski definition) is 0. The summed E-state index contributed by atoms with van der Waals surface area (Å²) in [6.45, 7) is 12.4. The first-order valence-electron chi connectivity index (χ1n) is 8.70. The van der Waals surface area contributed by atoms with Gasteiger partial charge < -0.3 is 0 Å². The molecule has 0 N–H and O–H groups in total. The minimum Gasteiger partial charge on any atom is -0.274 e. The van der Waals surface area contributed by atoms with Gasteiger partial charge >= 0.3 is 0 Å². The summed E-state index contributed by atoms with van der Waals surface area (Å²) in [4.78, 5) is 13.4. The summed E-state index contributed by atoms with van der Waals surface area (Å²) >= 11 is 0. The van der Waals surface area contributed by atoms with Crippen LogP contribution < -0.4 is 0 Å². The Kier molecular flexibility index (Phi) is 5.30. The van der Waals surface area contributed by atoms with Crippen LogP contribution in [-0.4, -0.2) is 32.7 Å². The molecule has 3 atom stereocenters. The van der Waals surface area contributed by atoms with Crippen LogP contribution >= 0.6 is 0 Å². The average Bonchev–Trinajstić information content (AvgIpc) is 2.79. The molecule has 6 heteroatoms. The first-order valence-corrected chi connectivity index (χ1v) is 13.7. The Morgan fingerprint density at radius 3 is 2.00 bits per heavy atom. The van der Waals surface area contributed by atoms with Gasteiger partial charge in [-0.25, -0.2) is 12.7 Å². The maximum absolute atomic E-state index is 13.2. The summed E-state index contributed by atoms with van der Waals surface area (Å²) in [5.41, 5.74) is 0.868. The van der Waals surface area contributed by atoms with Crippen molar-refractivity contribution in [2.75, 3.05) is 0 Å². The van der Waals surface area contributed by atoms with Crippen molar-refractivity contribution in [3.05, 3.63) is 29.8 Å². The molecule has 4 nitrogen and oxygen atoms in total. The lowest BCUT2D eigenvalue weighted by molar-refractivity contribution is -0.124. The second kappa shape index (κ2) is 6.63. The summed E-state index contributed by atoms with van der Waals surface area (Å²) < 4.78 is 27.6. The molecule has 0 saturated carbocycles. The summed E-state index contributed by atoms with van der Waals surface area (Å²) in [5.74, 6) is -0.0668. The first kappa shape index (κ1) is 19.2. The predicted octanol–water partition coefficient (Wildman–Crippen LogP) is 4.04. The highest BCUT2D eigenvalue weighted by molar-refractivity contribution is 7.89. The fraction of sp³-hybridized carbons (Fsp3) is 0.611. The lowest BCUT2D eigenvalue weighted by atomic mass is 9.95. The average molecular weight is 368 g/mol. The van der Waals surface area contributed by atoms with Crippen LogP contribution in [-0.2, 0) is 14.8 Å². The molecule has 0 radical (unpaired) electrons. The number of carbonyl (C=O) groups is 1. The van der Waals surface area contributed by atoms with Crippen LogP contribution in [0.15, 0.2) is 29.2 Å². The van der Waals surface area contributed by atoms with Crippen molar-refractivity contribution in [2.45, 2.75) is 69.7 Å². The van der Waals surface area contributed by atoms with Gasteiger partial charge in [-0.3, -0.25) is 4.79 Å². The van der Waals surface area contributed by atoms with Gasteiger partial charge in [0.05, 0.1) is 19.0 Å². The SMILES string of the molecule is CC[C@H]1[C@H](CC)N(S(=O)(=O)c2ccc(C)cc2)C(=O)[C@@H]1[Si](C)(C)C. The number of amides is 1. The molecule has 1 aromatic carbocycles. The Morgan fingerprint density at radius 2 is 1.58 bits per heavy atom. The van der Waals surface area contributed by atoms with E-state index in [-0.39, 0.29) is 28.3 Å². The Balaban J connectivity index is 2.55. The third kappa shape index (κ3) is 3.18. The zero-order valence-electron chi connectivity index (χ0n) is 15.5. The zero-order valence-corrected chi connectivity index (χ0v) is 17.4. The van der Waals surface area contributed by atoms with Gasteiger partial charge in [-0.1, -0.05) is 57.6 Å². The van der Waals surface area contributed by atoms with Crippen molar-refractivity contribution < 1.29 is 13.2 Å². The molecule has 0 unspecified atom stereocenters. The first-order chi connectivity index (χ1) is 11.1. The highest BCUT2D eigenvalue weighted by atomic mass is 32.2. The van der Waals surface area contributed by atoms with Crippen LogP contribution in [0, 0.1) is 12.8 Å². The Morgan fingerprint density at radius 1 is 1.04 bits per heavy atom. The largest absolute Gasteiger partial charge is 0.274 e. The molecule has 24 heavy (non-hydrogen) atoms. The highest BCUT2D eigenvalue weighted by Crippen LogP contribution is 2.46. The molecule has 1 aliphatic heterocycles. The molecule has 1 fully saturated rings. The standard InChI is InChI=1S/C18H29NO3SSi/c1-7-15-16(8-2)19(18(20)17(15)24(4,5)6)23(21,22)14-11-9-13(3)10-12-14/h9-12,15-17H,7-8H2,1-6H3/t15-,16-,17+/m0/s1. The van der Waals surface area contributed by atoms with Crippen LogP contribution in [0.25, 0.3) is 0 Å². The van der Waals surface area contributed by atoms with Crippen LogP contribution in [0.4, 0.5) is 0 Å². The van der Waals surface area contributed by atoms with Crippen molar-refractivity contribution in [3.63, 3.8) is 0 Å². The van der Waals surface area contributed by atoms with E-state index in [1.807, 2.05) is 13.8 Å². The summed E-state index contributed by atoms with van der Waals surface area (Å²) in [7, 11) is -5.61. The Bertz CT molecular complexity index is 707. The fourth-order valence-electron chi connectivity index (χ4n) is 3.99. The lowest BCUT2D eigenvalue weighted by Crippen LogP contribution is -2.41. The molecule has 1 aromatic rings. The van der Waals surface area contributed by atoms with Crippen molar-refractivity contribution in [1.29, 1.82) is 0 Å². The van der Waals surface area contributed by atoms with Gasteiger partial charge in [0.2, 0.25) is 5.91 Å². The van der Waals surface area contributed by atoms with Crippen molar-refractivity contribution in [2.24, 2.45) is 5.92 Å². The molecular formula is C18H29NO3SSi. The van der Waals surface area contributed by atoms with Crippen molar-refractivity contribution in [1.82, 2.24) is 4.31 Å². The molecule has 1 amide bonds. The van der Waals surface area contributed by atoms with E-state index in [9.17, 15) is 13.2 Å². The minimum absolute atomic E-state index is 0.120. The molecular weight excluding hydrogens is 338 g/mol. The summed E-state index contributed by atoms with van der Waals surface area (Å²) in [5, 5.41) is 0. The monoisotopic (exact) mass is 367 g/mol. The third-order valence-electron chi connectivity index (χ3n) is 5.11. The van der Waals surface area contributed by atoms with Gasteiger partial charge in [0.1, 0.15) is 0 Å². The number of sulfonamides is 1. The normalized spacial score (nSPS) is 25.3. The number of hydrogen-bond acceptors (Lipinski definition) is 3. The third-order valence-corrected chi connectivity index (χ3v) is 9.48. The van der Waals surface area contributed by atoms with Crippen molar-refractivity contribution >= 4 is 24.0 Å². The number of nitrogens with zero attached hydrogens (tertiary/aromatic N) is 1. The van der Waals surface area contributed by atoms with Crippen LogP contribution in [0.2, 0.25) is 25.2 Å². The summed E-state index contributed by atoms with van der Waals surface area (Å²) in [6.07, 6.45) is 1.50. The zero-order chi connectivity index (χ0) is 18.3. The number of carbonyl (C=O) groups excluding carboxylic acids is 1. The van der Waals surface area contributed by atoms with Gasteiger partial charge in [0.15, 0.2) is 0 Å². The molecule has 0 aromatic heterocycles. The Labute approximate surface area is 147 Å². The molecule has 2 rings (SSSR count). The van der Waals surface area contributed by atoms with E-state index in [0.29, 0.717) is 6.42 Å². The molecule has 0 spiro atoms. The molecule has 1 heterocycles. The summed E-state index contributed by atoms with van der Waals surface area (Å²) in [6, 6.07) is 6.54. The maximum atomic E-state index is 13.2. The second-order valence-corrected chi connectivity index (χ2v) is 15.0. The topological polar surface area (TPSA) is 54.5 Å². The fourth-order valence-corrected chi connectivity index (χ4v) is 8.42. The van der Waals surface area contributed by atoms with E-state index in [4.69, 9.17) is 0 Å². The smallest absolute Gasteiger partial charge is 0.266 e. The Hall–Kier alpha value is -1.14. The van der Waals surface area contributed by atoms with Gasteiger partial charge in [-0.05, 0) is 31.4 Å². The molecule has 0 bridgehead atoms. The maximum Gasteiger partial charge on any atom is 0.266 e. The van der Waals surface area contributed by atoms with E-state index >= 15 is 0 Å². The molecule has 134 valence electrons. The molecule has 0 aliphatic carbocycles. The lowest BCUT2D eigenvalue weighted by Gasteiger charge is -2.29. The van der Waals surface area contributed by atoms with Crippen LogP contribution in [0.1, 0.15) is 32.3 Å². The number of rotatable bonds is 5. The second-order valence-electron chi connectivity index (χ2n) is 7.84. The van der Waals surface area contributed by atoms with Crippen molar-refractivity contribution in [3.8, 4) is 0 Å². The quantitative estimate of drug-likeness (QED) is 0.738. The van der Waals surface area contributed by atoms with Gasteiger partial charge in [-0.15, -0.1) is 0 Å². The van der Waals surface area contributed by atoms with E-state index < -0.39 is 18.1 Å². The number of benzene rings is 1. The van der Waals surface area contributed by atoms with E-state index in [1.54, 1.807) is 24.3 Å². The molecule has 1 aliphatic rings. The van der Waals surface area contributed by atoms with E-state index in [2.05, 4.69) is 26.6 Å². The predicted molar refractivity (Wildman–Crippen MR) is 100 cm³/mol. The van der Waals surface area contributed by atoms with E-state index in [1.165, 1.54) is 4.31 Å². The van der Waals surface area contributed by atoms with Gasteiger partial charge in [0.25, 0.3) is 10.0 Å². The van der Waals surface area contributed by atoms with Gasteiger partial charge in [0, 0.05) is 5.54 Å². The van der Waals surface area contributed by atoms with Crippen LogP contribution in [0.3, 0.4) is 0 Å². The van der Waals surface area contributed by atoms with Crippen LogP contribution in [0.5, 0.6) is 0 Å².